The molecule has 4 nitrogen and oxygen atoms in total. The highest BCUT2D eigenvalue weighted by atomic mass is 16.5. The molecule has 1 fully saturated rings. The second-order valence-corrected chi connectivity index (χ2v) is 6.00. The third-order valence-electron chi connectivity index (χ3n) is 4.48. The van der Waals surface area contributed by atoms with Gasteiger partial charge in [-0.15, -0.1) is 0 Å². The number of ether oxygens (including phenoxy) is 2. The van der Waals surface area contributed by atoms with Crippen LogP contribution in [0.2, 0.25) is 0 Å². The van der Waals surface area contributed by atoms with E-state index in [4.69, 9.17) is 9.47 Å². The van der Waals surface area contributed by atoms with Crippen molar-refractivity contribution < 1.29 is 9.47 Å². The molecular formula is C20H26N2O2. The first-order valence-corrected chi connectivity index (χ1v) is 8.62. The summed E-state index contributed by atoms with van der Waals surface area (Å²) in [6.45, 7) is 7.91. The van der Waals surface area contributed by atoms with Gasteiger partial charge in [0.05, 0.1) is 13.7 Å². The van der Waals surface area contributed by atoms with Crippen LogP contribution in [-0.2, 0) is 6.54 Å². The highest BCUT2D eigenvalue weighted by Gasteiger charge is 2.18. The van der Waals surface area contributed by atoms with Crippen molar-refractivity contribution in [1.82, 2.24) is 4.90 Å². The summed E-state index contributed by atoms with van der Waals surface area (Å²) in [7, 11) is 1.70. The van der Waals surface area contributed by atoms with Gasteiger partial charge in [-0.3, -0.25) is 4.90 Å². The molecule has 0 atom stereocenters. The van der Waals surface area contributed by atoms with Gasteiger partial charge in [-0.25, -0.2) is 0 Å². The summed E-state index contributed by atoms with van der Waals surface area (Å²) in [6.07, 6.45) is 0. The molecule has 0 radical (unpaired) electrons. The molecule has 1 aliphatic heterocycles. The maximum Gasteiger partial charge on any atom is 0.123 e. The Morgan fingerprint density at radius 3 is 2.29 bits per heavy atom. The van der Waals surface area contributed by atoms with Crippen molar-refractivity contribution in [1.29, 1.82) is 0 Å². The molecule has 2 aromatic rings. The molecule has 0 spiro atoms. The number of piperazine rings is 1. The van der Waals surface area contributed by atoms with Crippen LogP contribution >= 0.6 is 0 Å². The quantitative estimate of drug-likeness (QED) is 0.812. The van der Waals surface area contributed by atoms with E-state index in [0.717, 1.165) is 44.2 Å². The monoisotopic (exact) mass is 326 g/mol. The van der Waals surface area contributed by atoms with Gasteiger partial charge in [0.2, 0.25) is 0 Å². The van der Waals surface area contributed by atoms with Gasteiger partial charge in [-0.05, 0) is 37.3 Å². The molecule has 0 aliphatic carbocycles. The normalized spacial score (nSPS) is 15.3. The molecule has 24 heavy (non-hydrogen) atoms. The number of para-hydroxylation sites is 1. The molecule has 0 aromatic heterocycles. The van der Waals surface area contributed by atoms with E-state index in [1.165, 1.54) is 11.3 Å². The predicted octanol–water partition coefficient (Wildman–Crippen LogP) is 3.42. The lowest BCUT2D eigenvalue weighted by molar-refractivity contribution is 0.243. The Kier molecular flexibility index (Phi) is 5.59. The van der Waals surface area contributed by atoms with E-state index in [1.54, 1.807) is 7.11 Å². The molecule has 0 saturated carbocycles. The molecule has 0 bridgehead atoms. The summed E-state index contributed by atoms with van der Waals surface area (Å²) in [6, 6.07) is 16.7. The average molecular weight is 326 g/mol. The average Bonchev–Trinajstić information content (AvgIpc) is 2.64. The van der Waals surface area contributed by atoms with Crippen LogP contribution in [0.5, 0.6) is 11.5 Å². The van der Waals surface area contributed by atoms with E-state index >= 15 is 0 Å². The van der Waals surface area contributed by atoms with Crippen LogP contribution in [0.3, 0.4) is 0 Å². The Morgan fingerprint density at radius 2 is 1.62 bits per heavy atom. The van der Waals surface area contributed by atoms with Crippen molar-refractivity contribution in [3.05, 3.63) is 54.1 Å². The first-order valence-electron chi connectivity index (χ1n) is 8.62. The van der Waals surface area contributed by atoms with Gasteiger partial charge in [0.1, 0.15) is 11.5 Å². The predicted molar refractivity (Wildman–Crippen MR) is 98.1 cm³/mol. The lowest BCUT2D eigenvalue weighted by Crippen LogP contribution is -2.46. The fourth-order valence-corrected chi connectivity index (χ4v) is 3.13. The van der Waals surface area contributed by atoms with E-state index in [1.807, 2.05) is 25.1 Å². The molecular weight excluding hydrogens is 300 g/mol. The lowest BCUT2D eigenvalue weighted by atomic mass is 10.1. The molecule has 1 aliphatic rings. The molecule has 2 aromatic carbocycles. The van der Waals surface area contributed by atoms with Gasteiger partial charge in [0.25, 0.3) is 0 Å². The minimum atomic E-state index is 0.711. The molecule has 0 amide bonds. The van der Waals surface area contributed by atoms with Crippen LogP contribution in [0, 0.1) is 0 Å². The number of methoxy groups -OCH3 is 1. The summed E-state index contributed by atoms with van der Waals surface area (Å²) >= 11 is 0. The highest BCUT2D eigenvalue weighted by molar-refractivity contribution is 5.49. The largest absolute Gasteiger partial charge is 0.497 e. The van der Waals surface area contributed by atoms with Crippen LogP contribution in [0.4, 0.5) is 5.69 Å². The third-order valence-corrected chi connectivity index (χ3v) is 4.48. The minimum absolute atomic E-state index is 0.711. The third kappa shape index (κ3) is 4.01. The number of hydrogen-bond donors (Lipinski definition) is 0. The zero-order valence-corrected chi connectivity index (χ0v) is 14.6. The number of benzene rings is 2. The molecule has 4 heteroatoms. The maximum absolute atomic E-state index is 5.74. The zero-order chi connectivity index (χ0) is 16.8. The lowest BCUT2D eigenvalue weighted by Gasteiger charge is -2.36. The van der Waals surface area contributed by atoms with Gasteiger partial charge in [0.15, 0.2) is 0 Å². The van der Waals surface area contributed by atoms with Crippen LogP contribution < -0.4 is 14.4 Å². The molecule has 3 rings (SSSR count). The van der Waals surface area contributed by atoms with Crippen molar-refractivity contribution in [2.24, 2.45) is 0 Å². The van der Waals surface area contributed by atoms with Gasteiger partial charge in [-0.1, -0.05) is 18.2 Å². The number of nitrogens with zero attached hydrogens (tertiary/aromatic N) is 2. The Balaban J connectivity index is 1.57. The van der Waals surface area contributed by atoms with Crippen molar-refractivity contribution in [2.75, 3.05) is 44.8 Å². The first-order chi connectivity index (χ1) is 11.8. The van der Waals surface area contributed by atoms with Crippen LogP contribution in [-0.4, -0.2) is 44.8 Å². The van der Waals surface area contributed by atoms with Crippen molar-refractivity contribution in [3.8, 4) is 11.5 Å². The summed E-state index contributed by atoms with van der Waals surface area (Å²) < 4.78 is 11.0. The number of hydrogen-bond acceptors (Lipinski definition) is 4. The molecule has 0 N–H and O–H groups in total. The first kappa shape index (κ1) is 16.7. The van der Waals surface area contributed by atoms with E-state index in [0.29, 0.717) is 6.61 Å². The summed E-state index contributed by atoms with van der Waals surface area (Å²) in [5, 5.41) is 0. The van der Waals surface area contributed by atoms with Gasteiger partial charge >= 0.3 is 0 Å². The molecule has 128 valence electrons. The maximum atomic E-state index is 5.74. The SMILES string of the molecule is CCOc1ccccc1CN1CCN(c2ccc(OC)cc2)CC1. The van der Waals surface area contributed by atoms with Gasteiger partial charge in [0, 0.05) is 44.0 Å². The van der Waals surface area contributed by atoms with E-state index < -0.39 is 0 Å². The molecule has 1 saturated heterocycles. The minimum Gasteiger partial charge on any atom is -0.497 e. The fourth-order valence-electron chi connectivity index (χ4n) is 3.13. The Morgan fingerprint density at radius 1 is 0.917 bits per heavy atom. The van der Waals surface area contributed by atoms with Crippen molar-refractivity contribution in [2.45, 2.75) is 13.5 Å². The highest BCUT2D eigenvalue weighted by Crippen LogP contribution is 2.23. The van der Waals surface area contributed by atoms with E-state index in [-0.39, 0.29) is 0 Å². The standard InChI is InChI=1S/C20H26N2O2/c1-3-24-20-7-5-4-6-17(20)16-21-12-14-22(15-13-21)18-8-10-19(23-2)11-9-18/h4-11H,3,12-16H2,1-2H3. The second-order valence-electron chi connectivity index (χ2n) is 6.00. The number of anilines is 1. The van der Waals surface area contributed by atoms with E-state index in [9.17, 15) is 0 Å². The molecule has 0 unspecified atom stereocenters. The Bertz CT molecular complexity index is 634. The van der Waals surface area contributed by atoms with Gasteiger partial charge < -0.3 is 14.4 Å². The summed E-state index contributed by atoms with van der Waals surface area (Å²) in [4.78, 5) is 4.93. The van der Waals surface area contributed by atoms with Crippen molar-refractivity contribution in [3.63, 3.8) is 0 Å². The van der Waals surface area contributed by atoms with Crippen LogP contribution in [0.25, 0.3) is 0 Å². The summed E-state index contributed by atoms with van der Waals surface area (Å²) in [5.41, 5.74) is 2.54. The smallest absolute Gasteiger partial charge is 0.123 e. The van der Waals surface area contributed by atoms with Crippen LogP contribution in [0.1, 0.15) is 12.5 Å². The topological polar surface area (TPSA) is 24.9 Å². The Labute approximate surface area is 144 Å². The number of rotatable bonds is 6. The van der Waals surface area contributed by atoms with Gasteiger partial charge in [-0.2, -0.15) is 0 Å². The van der Waals surface area contributed by atoms with Crippen LogP contribution in [0.15, 0.2) is 48.5 Å². The Hall–Kier alpha value is -2.20. The molecule has 1 heterocycles. The van der Waals surface area contributed by atoms with E-state index in [2.05, 4.69) is 40.1 Å². The zero-order valence-electron chi connectivity index (χ0n) is 14.6. The summed E-state index contributed by atoms with van der Waals surface area (Å²) in [5.74, 6) is 1.92. The second kappa shape index (κ2) is 8.06. The van der Waals surface area contributed by atoms with Crippen molar-refractivity contribution >= 4 is 5.69 Å². The fraction of sp³-hybridized carbons (Fsp3) is 0.400.